The molecule has 1 aromatic carbocycles. The molecule has 1 fully saturated rings. The second kappa shape index (κ2) is 5.90. The van der Waals surface area contributed by atoms with Gasteiger partial charge in [-0.2, -0.15) is 0 Å². The second-order valence-electron chi connectivity index (χ2n) is 5.32. The fraction of sp³-hybridized carbons (Fsp3) is 0.500. The van der Waals surface area contributed by atoms with E-state index in [1.54, 1.807) is 0 Å². The zero-order valence-electron chi connectivity index (χ0n) is 10.4. The number of rotatable bonds is 3. The number of hydrogen-bond acceptors (Lipinski definition) is 1. The van der Waals surface area contributed by atoms with Gasteiger partial charge >= 0.3 is 0 Å². The highest BCUT2D eigenvalue weighted by Crippen LogP contribution is 2.36. The summed E-state index contributed by atoms with van der Waals surface area (Å²) in [4.78, 5) is 12.2. The molecule has 0 unspecified atom stereocenters. The molecule has 1 amide bonds. The summed E-state index contributed by atoms with van der Waals surface area (Å²) in [6.07, 6.45) is 5.04. The Hall–Kier alpha value is -0.100. The van der Waals surface area contributed by atoms with Gasteiger partial charge in [-0.15, -0.1) is 0 Å². The number of carbonyl (C=O) groups is 1. The number of halogens is 2. The Bertz CT molecular complexity index is 455. The van der Waals surface area contributed by atoms with Crippen molar-refractivity contribution in [1.82, 2.24) is 5.32 Å². The highest BCUT2D eigenvalue weighted by atomic mass is 127. The fourth-order valence-electron chi connectivity index (χ4n) is 2.47. The lowest BCUT2D eigenvalue weighted by atomic mass is 9.89. The smallest absolute Gasteiger partial charge is 0.252 e. The van der Waals surface area contributed by atoms with Crippen LogP contribution in [-0.4, -0.2) is 12.5 Å². The summed E-state index contributed by atoms with van der Waals surface area (Å²) >= 11 is 5.61. The van der Waals surface area contributed by atoms with Gasteiger partial charge in [0.2, 0.25) is 0 Å². The van der Waals surface area contributed by atoms with Gasteiger partial charge in [-0.25, -0.2) is 0 Å². The van der Waals surface area contributed by atoms with E-state index in [0.29, 0.717) is 5.41 Å². The Labute approximate surface area is 130 Å². The van der Waals surface area contributed by atoms with Gasteiger partial charge in [0.1, 0.15) is 0 Å². The predicted molar refractivity (Wildman–Crippen MR) is 85.8 cm³/mol. The third-order valence-electron chi connectivity index (χ3n) is 3.66. The highest BCUT2D eigenvalue weighted by molar-refractivity contribution is 14.1. The third-order valence-corrected chi connectivity index (χ3v) is 5.09. The molecule has 1 saturated carbocycles. The molecule has 0 aromatic heterocycles. The van der Waals surface area contributed by atoms with E-state index in [4.69, 9.17) is 0 Å². The molecule has 1 aromatic rings. The molecule has 2 rings (SSSR count). The van der Waals surface area contributed by atoms with Crippen molar-refractivity contribution in [3.05, 3.63) is 31.8 Å². The molecule has 4 heteroatoms. The van der Waals surface area contributed by atoms with E-state index in [-0.39, 0.29) is 5.91 Å². The molecule has 0 atom stereocenters. The van der Waals surface area contributed by atoms with E-state index in [9.17, 15) is 4.79 Å². The number of amides is 1. The molecular weight excluding hydrogens is 405 g/mol. The van der Waals surface area contributed by atoms with Crippen LogP contribution in [0.15, 0.2) is 22.7 Å². The quantitative estimate of drug-likeness (QED) is 0.721. The first-order valence-corrected chi connectivity index (χ1v) is 8.11. The van der Waals surface area contributed by atoms with E-state index < -0.39 is 0 Å². The zero-order valence-corrected chi connectivity index (χ0v) is 14.2. The molecule has 0 bridgehead atoms. The van der Waals surface area contributed by atoms with Gasteiger partial charge in [-0.1, -0.05) is 35.7 Å². The maximum absolute atomic E-state index is 12.2. The van der Waals surface area contributed by atoms with Gasteiger partial charge < -0.3 is 5.32 Å². The number of hydrogen-bond donors (Lipinski definition) is 1. The second-order valence-corrected chi connectivity index (χ2v) is 7.40. The molecule has 0 heterocycles. The summed E-state index contributed by atoms with van der Waals surface area (Å²) in [5, 5.41) is 3.08. The van der Waals surface area contributed by atoms with Crippen LogP contribution in [0.4, 0.5) is 0 Å². The van der Waals surface area contributed by atoms with Crippen LogP contribution in [0.2, 0.25) is 0 Å². The van der Waals surface area contributed by atoms with E-state index in [1.807, 2.05) is 18.2 Å². The number of carbonyl (C=O) groups excluding carboxylic acids is 1. The average Bonchev–Trinajstić information content (AvgIpc) is 2.77. The van der Waals surface area contributed by atoms with Gasteiger partial charge in [0.15, 0.2) is 0 Å². The molecular formula is C14H17BrINO. The SMILES string of the molecule is CC1(CNC(=O)c2cc(Br)ccc2I)CCCC1. The molecule has 1 N–H and O–H groups in total. The van der Waals surface area contributed by atoms with Crippen molar-refractivity contribution >= 4 is 44.4 Å². The first-order chi connectivity index (χ1) is 8.50. The molecule has 1 aliphatic carbocycles. The maximum atomic E-state index is 12.2. The Morgan fingerprint density at radius 1 is 1.44 bits per heavy atom. The molecule has 1 aliphatic rings. The van der Waals surface area contributed by atoms with Crippen LogP contribution < -0.4 is 5.32 Å². The van der Waals surface area contributed by atoms with Gasteiger partial charge in [-0.05, 0) is 59.0 Å². The molecule has 0 spiro atoms. The lowest BCUT2D eigenvalue weighted by molar-refractivity contribution is 0.0933. The Balaban J connectivity index is 2.01. The highest BCUT2D eigenvalue weighted by Gasteiger charge is 2.29. The van der Waals surface area contributed by atoms with Gasteiger partial charge in [-0.3, -0.25) is 4.79 Å². The monoisotopic (exact) mass is 421 g/mol. The summed E-state index contributed by atoms with van der Waals surface area (Å²) in [7, 11) is 0. The Morgan fingerprint density at radius 2 is 2.11 bits per heavy atom. The van der Waals surface area contributed by atoms with Crippen LogP contribution in [0.5, 0.6) is 0 Å². The lowest BCUT2D eigenvalue weighted by Crippen LogP contribution is -2.34. The standard InChI is InChI=1S/C14H17BrINO/c1-14(6-2-3-7-14)9-17-13(18)11-8-10(15)4-5-12(11)16/h4-5,8H,2-3,6-7,9H2,1H3,(H,17,18). The van der Waals surface area contributed by atoms with Gasteiger partial charge in [0, 0.05) is 14.6 Å². The van der Waals surface area contributed by atoms with Crippen LogP contribution in [0.25, 0.3) is 0 Å². The lowest BCUT2D eigenvalue weighted by Gasteiger charge is -2.23. The van der Waals surface area contributed by atoms with Gasteiger partial charge in [0.25, 0.3) is 5.91 Å². The van der Waals surface area contributed by atoms with Crippen molar-refractivity contribution in [2.75, 3.05) is 6.54 Å². The largest absolute Gasteiger partial charge is 0.351 e. The van der Waals surface area contributed by atoms with Crippen LogP contribution in [0, 0.1) is 8.99 Å². The normalized spacial score (nSPS) is 17.7. The molecule has 0 aliphatic heterocycles. The summed E-state index contributed by atoms with van der Waals surface area (Å²) in [5.74, 6) is 0.0359. The minimum atomic E-state index is 0.0359. The van der Waals surface area contributed by atoms with Crippen LogP contribution >= 0.6 is 38.5 Å². The zero-order chi connectivity index (χ0) is 13.2. The predicted octanol–water partition coefficient (Wildman–Crippen LogP) is 4.36. The van der Waals surface area contributed by atoms with Crippen molar-refractivity contribution < 1.29 is 4.79 Å². The van der Waals surface area contributed by atoms with Crippen molar-refractivity contribution in [3.63, 3.8) is 0 Å². The number of nitrogens with one attached hydrogen (secondary N) is 1. The summed E-state index contributed by atoms with van der Waals surface area (Å²) in [5.41, 5.74) is 1.05. The van der Waals surface area contributed by atoms with Crippen molar-refractivity contribution in [2.45, 2.75) is 32.6 Å². The van der Waals surface area contributed by atoms with E-state index >= 15 is 0 Å². The molecule has 98 valence electrons. The third kappa shape index (κ3) is 3.47. The van der Waals surface area contributed by atoms with Crippen molar-refractivity contribution in [3.8, 4) is 0 Å². The fourth-order valence-corrected chi connectivity index (χ4v) is 3.41. The van der Waals surface area contributed by atoms with E-state index in [0.717, 1.165) is 20.2 Å². The Morgan fingerprint density at radius 3 is 2.78 bits per heavy atom. The van der Waals surface area contributed by atoms with Gasteiger partial charge in [0.05, 0.1) is 5.56 Å². The molecule has 0 radical (unpaired) electrons. The van der Waals surface area contributed by atoms with Crippen molar-refractivity contribution in [1.29, 1.82) is 0 Å². The summed E-state index contributed by atoms with van der Waals surface area (Å²) in [6.45, 7) is 3.06. The number of benzene rings is 1. The molecule has 0 saturated heterocycles. The van der Waals surface area contributed by atoms with Crippen LogP contribution in [-0.2, 0) is 0 Å². The topological polar surface area (TPSA) is 29.1 Å². The minimum Gasteiger partial charge on any atom is -0.351 e. The molecule has 18 heavy (non-hydrogen) atoms. The van der Waals surface area contributed by atoms with E-state index in [1.165, 1.54) is 25.7 Å². The molecule has 2 nitrogen and oxygen atoms in total. The maximum Gasteiger partial charge on any atom is 0.252 e. The summed E-state index contributed by atoms with van der Waals surface area (Å²) < 4.78 is 1.94. The first kappa shape index (κ1) is 14.3. The Kier molecular flexibility index (Phi) is 4.69. The summed E-state index contributed by atoms with van der Waals surface area (Å²) in [6, 6.07) is 5.79. The first-order valence-electron chi connectivity index (χ1n) is 6.23. The minimum absolute atomic E-state index is 0.0359. The van der Waals surface area contributed by atoms with E-state index in [2.05, 4.69) is 50.8 Å². The van der Waals surface area contributed by atoms with Crippen molar-refractivity contribution in [2.24, 2.45) is 5.41 Å². The van der Waals surface area contributed by atoms with Crippen LogP contribution in [0.1, 0.15) is 43.0 Å². The average molecular weight is 422 g/mol. The van der Waals surface area contributed by atoms with Crippen LogP contribution in [0.3, 0.4) is 0 Å².